The monoisotopic (exact) mass is 251 g/mol. The van der Waals surface area contributed by atoms with E-state index in [1.807, 2.05) is 11.7 Å². The van der Waals surface area contributed by atoms with E-state index in [4.69, 9.17) is 0 Å². The predicted molar refractivity (Wildman–Crippen MR) is 77.8 cm³/mol. The highest BCUT2D eigenvalue weighted by atomic mass is 15.3. The number of aryl methyl sites for hydroxylation is 3. The summed E-state index contributed by atoms with van der Waals surface area (Å²) in [7, 11) is 2.04. The molecular formula is C15H29N3. The smallest absolute Gasteiger partial charge is 0.0596 e. The van der Waals surface area contributed by atoms with Crippen molar-refractivity contribution in [1.29, 1.82) is 0 Å². The van der Waals surface area contributed by atoms with Crippen LogP contribution in [0.25, 0.3) is 0 Å². The van der Waals surface area contributed by atoms with Gasteiger partial charge in [-0.2, -0.15) is 5.10 Å². The zero-order valence-corrected chi connectivity index (χ0v) is 12.7. The van der Waals surface area contributed by atoms with Crippen LogP contribution in [0.1, 0.15) is 51.4 Å². The van der Waals surface area contributed by atoms with Crippen molar-refractivity contribution in [2.24, 2.45) is 13.0 Å². The minimum Gasteiger partial charge on any atom is -0.314 e. The van der Waals surface area contributed by atoms with E-state index < -0.39 is 0 Å². The maximum atomic E-state index is 4.39. The Morgan fingerprint density at radius 3 is 2.61 bits per heavy atom. The Bertz CT molecular complexity index is 342. The van der Waals surface area contributed by atoms with Crippen molar-refractivity contribution < 1.29 is 0 Å². The molecule has 1 unspecified atom stereocenters. The third-order valence-electron chi connectivity index (χ3n) is 3.51. The number of rotatable bonds is 8. The first-order valence-electron chi connectivity index (χ1n) is 7.27. The standard InChI is InChI=1S/C15H29N3/c1-6-10-16-15(12(2)3)9-7-8-14-11-13(4)17-18(14)5/h11-12,15-16H,6-10H2,1-5H3. The van der Waals surface area contributed by atoms with Gasteiger partial charge in [-0.05, 0) is 51.1 Å². The molecular weight excluding hydrogens is 222 g/mol. The van der Waals surface area contributed by atoms with Crippen molar-refractivity contribution in [3.63, 3.8) is 0 Å². The molecule has 0 aliphatic carbocycles. The summed E-state index contributed by atoms with van der Waals surface area (Å²) < 4.78 is 2.01. The Balaban J connectivity index is 2.36. The molecule has 0 bridgehead atoms. The van der Waals surface area contributed by atoms with Gasteiger partial charge >= 0.3 is 0 Å². The Morgan fingerprint density at radius 1 is 1.39 bits per heavy atom. The maximum absolute atomic E-state index is 4.39. The van der Waals surface area contributed by atoms with Gasteiger partial charge in [-0.15, -0.1) is 0 Å². The molecule has 0 aliphatic heterocycles. The highest BCUT2D eigenvalue weighted by Crippen LogP contribution is 2.12. The summed E-state index contributed by atoms with van der Waals surface area (Å²) in [5.74, 6) is 0.713. The predicted octanol–water partition coefficient (Wildman–Crippen LogP) is 3.08. The van der Waals surface area contributed by atoms with Gasteiger partial charge in [0.1, 0.15) is 0 Å². The van der Waals surface area contributed by atoms with Gasteiger partial charge in [0.2, 0.25) is 0 Å². The molecule has 0 spiro atoms. The van der Waals surface area contributed by atoms with Gasteiger partial charge in [-0.25, -0.2) is 0 Å². The molecule has 1 rings (SSSR count). The highest BCUT2D eigenvalue weighted by Gasteiger charge is 2.12. The van der Waals surface area contributed by atoms with Crippen LogP contribution in [0.15, 0.2) is 6.07 Å². The summed E-state index contributed by atoms with van der Waals surface area (Å²) in [6.07, 6.45) is 4.83. The van der Waals surface area contributed by atoms with Crippen LogP contribution in [0.4, 0.5) is 0 Å². The van der Waals surface area contributed by atoms with Gasteiger partial charge in [0.05, 0.1) is 5.69 Å². The van der Waals surface area contributed by atoms with Gasteiger partial charge in [0.15, 0.2) is 0 Å². The first kappa shape index (κ1) is 15.2. The van der Waals surface area contributed by atoms with E-state index in [2.05, 4.69) is 44.2 Å². The van der Waals surface area contributed by atoms with E-state index in [9.17, 15) is 0 Å². The van der Waals surface area contributed by atoms with Crippen LogP contribution in [-0.2, 0) is 13.5 Å². The molecule has 0 saturated carbocycles. The largest absolute Gasteiger partial charge is 0.314 e. The molecule has 1 atom stereocenters. The van der Waals surface area contributed by atoms with Crippen molar-refractivity contribution >= 4 is 0 Å². The Morgan fingerprint density at radius 2 is 2.11 bits per heavy atom. The van der Waals surface area contributed by atoms with Gasteiger partial charge in [-0.1, -0.05) is 20.8 Å². The zero-order valence-electron chi connectivity index (χ0n) is 12.7. The van der Waals surface area contributed by atoms with Crippen LogP contribution in [0, 0.1) is 12.8 Å². The summed E-state index contributed by atoms with van der Waals surface area (Å²) in [5.41, 5.74) is 2.47. The van der Waals surface area contributed by atoms with E-state index in [1.54, 1.807) is 0 Å². The van der Waals surface area contributed by atoms with Crippen LogP contribution >= 0.6 is 0 Å². The lowest BCUT2D eigenvalue weighted by Gasteiger charge is -2.22. The number of aromatic nitrogens is 2. The van der Waals surface area contributed by atoms with E-state index in [0.717, 1.165) is 18.7 Å². The highest BCUT2D eigenvalue weighted by molar-refractivity contribution is 5.08. The number of nitrogens with zero attached hydrogens (tertiary/aromatic N) is 2. The van der Waals surface area contributed by atoms with Crippen molar-refractivity contribution in [2.75, 3.05) is 6.54 Å². The van der Waals surface area contributed by atoms with Crippen LogP contribution < -0.4 is 5.32 Å². The molecule has 104 valence electrons. The summed E-state index contributed by atoms with van der Waals surface area (Å²) >= 11 is 0. The van der Waals surface area contributed by atoms with Crippen molar-refractivity contribution in [1.82, 2.24) is 15.1 Å². The average molecular weight is 251 g/mol. The topological polar surface area (TPSA) is 29.9 Å². The molecule has 0 aliphatic rings. The fourth-order valence-corrected chi connectivity index (χ4v) is 2.40. The van der Waals surface area contributed by atoms with E-state index >= 15 is 0 Å². The summed E-state index contributed by atoms with van der Waals surface area (Å²) in [5, 5.41) is 8.05. The second kappa shape index (κ2) is 7.57. The third-order valence-corrected chi connectivity index (χ3v) is 3.51. The third kappa shape index (κ3) is 4.81. The molecule has 0 fully saturated rings. The van der Waals surface area contributed by atoms with Crippen LogP contribution in [0.2, 0.25) is 0 Å². The lowest BCUT2D eigenvalue weighted by Crippen LogP contribution is -2.34. The molecule has 3 nitrogen and oxygen atoms in total. The maximum Gasteiger partial charge on any atom is 0.0596 e. The average Bonchev–Trinajstić information content (AvgIpc) is 2.61. The molecule has 0 radical (unpaired) electrons. The van der Waals surface area contributed by atoms with Crippen LogP contribution in [-0.4, -0.2) is 22.4 Å². The van der Waals surface area contributed by atoms with Crippen molar-refractivity contribution in [2.45, 2.75) is 59.4 Å². The van der Waals surface area contributed by atoms with Crippen LogP contribution in [0.5, 0.6) is 0 Å². The number of hydrogen-bond donors (Lipinski definition) is 1. The van der Waals surface area contributed by atoms with Crippen molar-refractivity contribution in [3.05, 3.63) is 17.5 Å². The Kier molecular flexibility index (Phi) is 6.41. The fraction of sp³-hybridized carbons (Fsp3) is 0.800. The molecule has 0 amide bonds. The minimum absolute atomic E-state index is 0.652. The van der Waals surface area contributed by atoms with Gasteiger partial charge in [-0.3, -0.25) is 4.68 Å². The minimum atomic E-state index is 0.652. The SMILES string of the molecule is CCCNC(CCCc1cc(C)nn1C)C(C)C. The Hall–Kier alpha value is -0.830. The first-order chi connectivity index (χ1) is 8.54. The molecule has 0 aromatic carbocycles. The van der Waals surface area contributed by atoms with Crippen LogP contribution in [0.3, 0.4) is 0 Å². The van der Waals surface area contributed by atoms with Gasteiger partial charge in [0, 0.05) is 18.8 Å². The molecule has 1 heterocycles. The lowest BCUT2D eigenvalue weighted by molar-refractivity contribution is 0.369. The second-order valence-corrected chi connectivity index (χ2v) is 5.60. The molecule has 1 aromatic rings. The molecule has 1 N–H and O–H groups in total. The van der Waals surface area contributed by atoms with E-state index in [0.29, 0.717) is 12.0 Å². The second-order valence-electron chi connectivity index (χ2n) is 5.60. The first-order valence-corrected chi connectivity index (χ1v) is 7.27. The van der Waals surface area contributed by atoms with Gasteiger partial charge < -0.3 is 5.32 Å². The summed E-state index contributed by atoms with van der Waals surface area (Å²) in [6, 6.07) is 2.85. The number of hydrogen-bond acceptors (Lipinski definition) is 2. The number of nitrogens with one attached hydrogen (secondary N) is 1. The normalized spacial score (nSPS) is 13.2. The lowest BCUT2D eigenvalue weighted by atomic mass is 9.97. The quantitative estimate of drug-likeness (QED) is 0.769. The molecule has 18 heavy (non-hydrogen) atoms. The van der Waals surface area contributed by atoms with Gasteiger partial charge in [0.25, 0.3) is 0 Å². The molecule has 0 saturated heterocycles. The van der Waals surface area contributed by atoms with E-state index in [-0.39, 0.29) is 0 Å². The molecule has 3 heteroatoms. The van der Waals surface area contributed by atoms with Crippen molar-refractivity contribution in [3.8, 4) is 0 Å². The Labute approximate surface area is 112 Å². The summed E-state index contributed by atoms with van der Waals surface area (Å²) in [6.45, 7) is 10.0. The zero-order chi connectivity index (χ0) is 13.5. The fourth-order valence-electron chi connectivity index (χ4n) is 2.40. The summed E-state index contributed by atoms with van der Waals surface area (Å²) in [4.78, 5) is 0. The molecule has 1 aromatic heterocycles. The van der Waals surface area contributed by atoms with E-state index in [1.165, 1.54) is 25.0 Å².